The van der Waals surface area contributed by atoms with Crippen LogP contribution in [-0.4, -0.2) is 41.7 Å². The summed E-state index contributed by atoms with van der Waals surface area (Å²) in [5.74, 6) is -0.193. The fraction of sp³-hybridized carbons (Fsp3) is 0.435. The van der Waals surface area contributed by atoms with Crippen molar-refractivity contribution >= 4 is 5.97 Å². The number of benzene rings is 2. The summed E-state index contributed by atoms with van der Waals surface area (Å²) in [5.41, 5.74) is 2.34. The monoisotopic (exact) mass is 369 g/mol. The van der Waals surface area contributed by atoms with E-state index in [1.165, 1.54) is 7.11 Å². The second kappa shape index (κ2) is 9.56. The molecule has 0 aromatic heterocycles. The average Bonchev–Trinajstić information content (AvgIpc) is 2.65. The van der Waals surface area contributed by atoms with Crippen molar-refractivity contribution in [2.45, 2.75) is 52.1 Å². The largest absolute Gasteiger partial charge is 0.508 e. The first-order valence-electron chi connectivity index (χ1n) is 9.57. The number of nitrogens with zero attached hydrogens (tertiary/aromatic N) is 1. The van der Waals surface area contributed by atoms with Crippen LogP contribution in [0.15, 0.2) is 48.5 Å². The van der Waals surface area contributed by atoms with E-state index >= 15 is 0 Å². The second-order valence-electron chi connectivity index (χ2n) is 7.44. The van der Waals surface area contributed by atoms with Gasteiger partial charge in [0, 0.05) is 23.6 Å². The zero-order chi connectivity index (χ0) is 20.0. The smallest absolute Gasteiger partial charge is 0.337 e. The topological polar surface area (TPSA) is 49.8 Å². The van der Waals surface area contributed by atoms with Gasteiger partial charge in [-0.25, -0.2) is 4.79 Å². The number of hydrogen-bond acceptors (Lipinski definition) is 4. The van der Waals surface area contributed by atoms with Gasteiger partial charge >= 0.3 is 5.97 Å². The average molecular weight is 370 g/mol. The molecule has 0 amide bonds. The third-order valence-corrected chi connectivity index (χ3v) is 5.03. The third-order valence-electron chi connectivity index (χ3n) is 5.03. The SMILES string of the molecule is COC(=O)c1ccc(O)c([C@H](CCN(C(C)C)C(C)C)c2ccccc2)c1. The highest BCUT2D eigenvalue weighted by Crippen LogP contribution is 2.35. The van der Waals surface area contributed by atoms with Gasteiger partial charge in [0.1, 0.15) is 5.75 Å². The van der Waals surface area contributed by atoms with Crippen molar-refractivity contribution in [3.8, 4) is 5.75 Å². The van der Waals surface area contributed by atoms with E-state index in [-0.39, 0.29) is 11.7 Å². The minimum absolute atomic E-state index is 0.00388. The molecule has 2 aromatic rings. The summed E-state index contributed by atoms with van der Waals surface area (Å²) in [6, 6.07) is 16.0. The summed E-state index contributed by atoms with van der Waals surface area (Å²) in [6.07, 6.45) is 0.846. The maximum atomic E-state index is 12.0. The number of esters is 1. The molecule has 0 unspecified atom stereocenters. The molecule has 0 bridgehead atoms. The number of carbonyl (C=O) groups is 1. The van der Waals surface area contributed by atoms with Gasteiger partial charge in [0.05, 0.1) is 12.7 Å². The number of phenols is 1. The highest BCUT2D eigenvalue weighted by Gasteiger charge is 2.22. The molecular formula is C23H31NO3. The maximum Gasteiger partial charge on any atom is 0.337 e. The minimum Gasteiger partial charge on any atom is -0.508 e. The van der Waals surface area contributed by atoms with Crippen molar-refractivity contribution in [3.63, 3.8) is 0 Å². The van der Waals surface area contributed by atoms with Crippen LogP contribution in [0, 0.1) is 0 Å². The van der Waals surface area contributed by atoms with Crippen molar-refractivity contribution in [3.05, 3.63) is 65.2 Å². The standard InChI is InChI=1S/C23H31NO3/c1-16(2)24(17(3)4)14-13-20(18-9-7-6-8-10-18)21-15-19(23(26)27-5)11-12-22(21)25/h6-12,15-17,20,25H,13-14H2,1-5H3/t20-/m1/s1. The summed E-state index contributed by atoms with van der Waals surface area (Å²) >= 11 is 0. The van der Waals surface area contributed by atoms with Gasteiger partial charge in [-0.3, -0.25) is 4.90 Å². The Morgan fingerprint density at radius 1 is 1.04 bits per heavy atom. The summed E-state index contributed by atoms with van der Waals surface area (Å²) in [6.45, 7) is 9.70. The Labute approximate surface area is 162 Å². The number of aromatic hydroxyl groups is 1. The molecule has 1 N–H and O–H groups in total. The van der Waals surface area contributed by atoms with Crippen LogP contribution < -0.4 is 0 Å². The van der Waals surface area contributed by atoms with Crippen molar-refractivity contribution in [1.82, 2.24) is 4.90 Å². The zero-order valence-corrected chi connectivity index (χ0v) is 17.0. The van der Waals surface area contributed by atoms with Crippen LogP contribution in [0.4, 0.5) is 0 Å². The van der Waals surface area contributed by atoms with Crippen molar-refractivity contribution in [1.29, 1.82) is 0 Å². The summed E-state index contributed by atoms with van der Waals surface area (Å²) in [5, 5.41) is 10.5. The number of hydrogen-bond donors (Lipinski definition) is 1. The highest BCUT2D eigenvalue weighted by atomic mass is 16.5. The minimum atomic E-state index is -0.394. The Morgan fingerprint density at radius 3 is 2.22 bits per heavy atom. The molecule has 0 spiro atoms. The van der Waals surface area contributed by atoms with Crippen LogP contribution in [-0.2, 0) is 4.74 Å². The maximum absolute atomic E-state index is 12.0. The molecular weight excluding hydrogens is 338 g/mol. The van der Waals surface area contributed by atoms with E-state index in [2.05, 4.69) is 44.7 Å². The number of carbonyl (C=O) groups excluding carboxylic acids is 1. The molecule has 1 atom stereocenters. The molecule has 4 heteroatoms. The molecule has 0 saturated carbocycles. The first-order valence-corrected chi connectivity index (χ1v) is 9.57. The van der Waals surface area contributed by atoms with Crippen LogP contribution in [0.3, 0.4) is 0 Å². The predicted octanol–water partition coefficient (Wildman–Crippen LogP) is 4.82. The molecule has 0 fully saturated rings. The molecule has 2 aromatic carbocycles. The number of ether oxygens (including phenoxy) is 1. The fourth-order valence-corrected chi connectivity index (χ4v) is 3.66. The predicted molar refractivity (Wildman–Crippen MR) is 109 cm³/mol. The van der Waals surface area contributed by atoms with Gasteiger partial charge in [-0.2, -0.15) is 0 Å². The Kier molecular flexibility index (Phi) is 7.43. The summed E-state index contributed by atoms with van der Waals surface area (Å²) in [7, 11) is 1.37. The van der Waals surface area contributed by atoms with Crippen LogP contribution >= 0.6 is 0 Å². The molecule has 0 radical (unpaired) electrons. The molecule has 0 saturated heterocycles. The van der Waals surface area contributed by atoms with E-state index in [9.17, 15) is 9.90 Å². The van der Waals surface area contributed by atoms with E-state index in [4.69, 9.17) is 4.74 Å². The molecule has 4 nitrogen and oxygen atoms in total. The lowest BCUT2D eigenvalue weighted by molar-refractivity contribution is 0.0600. The van der Waals surface area contributed by atoms with Crippen LogP contribution in [0.1, 0.15) is 61.5 Å². The molecule has 0 aliphatic heterocycles. The van der Waals surface area contributed by atoms with E-state index in [0.717, 1.165) is 24.1 Å². The first kappa shape index (κ1) is 21.0. The quantitative estimate of drug-likeness (QED) is 0.678. The summed E-state index contributed by atoms with van der Waals surface area (Å²) in [4.78, 5) is 14.4. The van der Waals surface area contributed by atoms with Gasteiger partial charge in [0.2, 0.25) is 0 Å². The lowest BCUT2D eigenvalue weighted by atomic mass is 9.86. The highest BCUT2D eigenvalue weighted by molar-refractivity contribution is 5.89. The van der Waals surface area contributed by atoms with Gasteiger partial charge in [0.15, 0.2) is 0 Å². The third kappa shape index (κ3) is 5.33. The second-order valence-corrected chi connectivity index (χ2v) is 7.44. The lowest BCUT2D eigenvalue weighted by Gasteiger charge is -2.32. The number of rotatable bonds is 8. The van der Waals surface area contributed by atoms with Crippen molar-refractivity contribution < 1.29 is 14.6 Å². The molecule has 27 heavy (non-hydrogen) atoms. The van der Waals surface area contributed by atoms with Gasteiger partial charge < -0.3 is 9.84 Å². The molecule has 2 rings (SSSR count). The van der Waals surface area contributed by atoms with Gasteiger partial charge in [0.25, 0.3) is 0 Å². The normalized spacial score (nSPS) is 12.6. The Hall–Kier alpha value is -2.33. The summed E-state index contributed by atoms with van der Waals surface area (Å²) < 4.78 is 4.85. The molecule has 146 valence electrons. The Balaban J connectivity index is 2.41. The van der Waals surface area contributed by atoms with E-state index in [0.29, 0.717) is 17.6 Å². The zero-order valence-electron chi connectivity index (χ0n) is 17.0. The van der Waals surface area contributed by atoms with Crippen LogP contribution in [0.5, 0.6) is 5.75 Å². The van der Waals surface area contributed by atoms with E-state index < -0.39 is 5.97 Å². The van der Waals surface area contributed by atoms with E-state index in [1.54, 1.807) is 18.2 Å². The van der Waals surface area contributed by atoms with E-state index in [1.807, 2.05) is 18.2 Å². The van der Waals surface area contributed by atoms with Crippen molar-refractivity contribution in [2.24, 2.45) is 0 Å². The van der Waals surface area contributed by atoms with Crippen LogP contribution in [0.2, 0.25) is 0 Å². The van der Waals surface area contributed by atoms with Crippen LogP contribution in [0.25, 0.3) is 0 Å². The fourth-order valence-electron chi connectivity index (χ4n) is 3.66. The number of methoxy groups -OCH3 is 1. The Morgan fingerprint density at radius 2 is 1.67 bits per heavy atom. The molecule has 0 heterocycles. The van der Waals surface area contributed by atoms with Gasteiger partial charge in [-0.1, -0.05) is 30.3 Å². The molecule has 0 aliphatic carbocycles. The number of phenolic OH excluding ortho intramolecular Hbond substituents is 1. The first-order chi connectivity index (χ1) is 12.8. The van der Waals surface area contributed by atoms with Crippen molar-refractivity contribution in [2.75, 3.05) is 13.7 Å². The van der Waals surface area contributed by atoms with Gasteiger partial charge in [-0.05, 0) is 64.4 Å². The lowest BCUT2D eigenvalue weighted by Crippen LogP contribution is -2.38. The van der Waals surface area contributed by atoms with Gasteiger partial charge in [-0.15, -0.1) is 0 Å². The molecule has 0 aliphatic rings. The Bertz CT molecular complexity index is 733.